The van der Waals surface area contributed by atoms with Crippen LogP contribution in [0.4, 0.5) is 0 Å². The zero-order chi connectivity index (χ0) is 14.4. The first-order valence-electron chi connectivity index (χ1n) is 7.37. The van der Waals surface area contributed by atoms with Crippen LogP contribution in [0.1, 0.15) is 25.3 Å². The second kappa shape index (κ2) is 9.12. The van der Waals surface area contributed by atoms with E-state index >= 15 is 0 Å². The first-order valence-corrected chi connectivity index (χ1v) is 7.37. The molecule has 0 amide bonds. The number of methoxy groups -OCH3 is 1. The Morgan fingerprint density at radius 2 is 2.10 bits per heavy atom. The molecular weight excluding hydrogens is 377 g/mol. The van der Waals surface area contributed by atoms with E-state index < -0.39 is 0 Å². The third-order valence-electron chi connectivity index (χ3n) is 3.92. The zero-order valence-corrected chi connectivity index (χ0v) is 15.2. The number of halogens is 1. The summed E-state index contributed by atoms with van der Waals surface area (Å²) >= 11 is 0. The van der Waals surface area contributed by atoms with Crippen molar-refractivity contribution < 1.29 is 4.74 Å². The lowest BCUT2D eigenvalue weighted by Crippen LogP contribution is -2.42. The van der Waals surface area contributed by atoms with E-state index in [1.807, 2.05) is 18.2 Å². The van der Waals surface area contributed by atoms with Crippen molar-refractivity contribution in [1.82, 2.24) is 4.90 Å². The highest BCUT2D eigenvalue weighted by Gasteiger charge is 2.16. The monoisotopic (exact) mass is 403 g/mol. The van der Waals surface area contributed by atoms with E-state index in [1.165, 1.54) is 18.4 Å². The number of guanidine groups is 1. The standard InChI is InChI=1S/C16H25N3O.HI/c1-13-7-10-19(11-8-13)16(17)18-9-6-14-4-3-5-15(12-14)20-2;/h3-5,12-13H,6-11H2,1-2H3,(H2,17,18);1H. The Morgan fingerprint density at radius 3 is 2.76 bits per heavy atom. The van der Waals surface area contributed by atoms with Crippen LogP contribution in [0.3, 0.4) is 0 Å². The predicted molar refractivity (Wildman–Crippen MR) is 98.6 cm³/mol. The third kappa shape index (κ3) is 5.73. The molecule has 0 spiro atoms. The van der Waals surface area contributed by atoms with E-state index in [0.717, 1.165) is 37.7 Å². The summed E-state index contributed by atoms with van der Waals surface area (Å²) in [6.45, 7) is 5.10. The largest absolute Gasteiger partial charge is 0.497 e. The van der Waals surface area contributed by atoms with Gasteiger partial charge >= 0.3 is 0 Å². The zero-order valence-electron chi connectivity index (χ0n) is 12.9. The summed E-state index contributed by atoms with van der Waals surface area (Å²) in [5, 5.41) is 0. The van der Waals surface area contributed by atoms with Crippen molar-refractivity contribution in [2.75, 3.05) is 26.7 Å². The van der Waals surface area contributed by atoms with Crippen LogP contribution in [0.2, 0.25) is 0 Å². The summed E-state index contributed by atoms with van der Waals surface area (Å²) in [7, 11) is 1.69. The molecule has 1 fully saturated rings. The van der Waals surface area contributed by atoms with Gasteiger partial charge in [-0.1, -0.05) is 19.1 Å². The number of nitrogens with two attached hydrogens (primary N) is 1. The van der Waals surface area contributed by atoms with Gasteiger partial charge in [0.05, 0.1) is 7.11 Å². The van der Waals surface area contributed by atoms with E-state index in [-0.39, 0.29) is 24.0 Å². The van der Waals surface area contributed by atoms with Crippen molar-refractivity contribution in [3.05, 3.63) is 29.8 Å². The van der Waals surface area contributed by atoms with Gasteiger partial charge in [-0.05, 0) is 42.9 Å². The summed E-state index contributed by atoms with van der Waals surface area (Å²) in [6.07, 6.45) is 3.32. The van der Waals surface area contributed by atoms with E-state index in [4.69, 9.17) is 10.5 Å². The smallest absolute Gasteiger partial charge is 0.191 e. The van der Waals surface area contributed by atoms with E-state index in [2.05, 4.69) is 22.9 Å². The second-order valence-corrected chi connectivity index (χ2v) is 5.51. The first kappa shape index (κ1) is 18.1. The van der Waals surface area contributed by atoms with Crippen LogP contribution in [0.25, 0.3) is 0 Å². The molecule has 0 unspecified atom stereocenters. The molecule has 0 aliphatic carbocycles. The van der Waals surface area contributed by atoms with Crippen molar-refractivity contribution in [2.24, 2.45) is 16.6 Å². The molecule has 118 valence electrons. The van der Waals surface area contributed by atoms with Crippen LogP contribution >= 0.6 is 24.0 Å². The molecule has 0 saturated carbocycles. The van der Waals surface area contributed by atoms with Crippen LogP contribution < -0.4 is 10.5 Å². The third-order valence-corrected chi connectivity index (χ3v) is 3.92. The summed E-state index contributed by atoms with van der Waals surface area (Å²) in [5.74, 6) is 2.40. The lowest BCUT2D eigenvalue weighted by Gasteiger charge is -2.31. The Bertz CT molecular complexity index is 457. The average Bonchev–Trinajstić information content (AvgIpc) is 2.48. The van der Waals surface area contributed by atoms with Gasteiger partial charge in [0, 0.05) is 19.6 Å². The topological polar surface area (TPSA) is 50.9 Å². The minimum absolute atomic E-state index is 0. The predicted octanol–water partition coefficient (Wildman–Crippen LogP) is 2.90. The molecule has 0 atom stereocenters. The lowest BCUT2D eigenvalue weighted by molar-refractivity contribution is 0.277. The molecule has 1 saturated heterocycles. The molecule has 21 heavy (non-hydrogen) atoms. The highest BCUT2D eigenvalue weighted by molar-refractivity contribution is 14.0. The Kier molecular flexibility index (Phi) is 7.85. The van der Waals surface area contributed by atoms with Crippen molar-refractivity contribution >= 4 is 29.9 Å². The second-order valence-electron chi connectivity index (χ2n) is 5.51. The van der Waals surface area contributed by atoms with E-state index in [0.29, 0.717) is 5.96 Å². The molecule has 1 aromatic carbocycles. The maximum atomic E-state index is 6.07. The van der Waals surface area contributed by atoms with Crippen LogP contribution in [0.15, 0.2) is 29.3 Å². The minimum atomic E-state index is 0. The number of rotatable bonds is 4. The SMILES string of the molecule is COc1cccc(CCN=C(N)N2CCC(C)CC2)c1.I. The van der Waals surface area contributed by atoms with Gasteiger partial charge in [-0.25, -0.2) is 0 Å². The molecule has 1 aromatic rings. The molecule has 1 heterocycles. The number of hydrogen-bond acceptors (Lipinski definition) is 2. The van der Waals surface area contributed by atoms with Gasteiger partial charge in [-0.15, -0.1) is 24.0 Å². The molecule has 4 nitrogen and oxygen atoms in total. The molecule has 2 rings (SSSR count). The molecule has 2 N–H and O–H groups in total. The van der Waals surface area contributed by atoms with Gasteiger partial charge < -0.3 is 15.4 Å². The lowest BCUT2D eigenvalue weighted by atomic mass is 10.00. The molecule has 0 bridgehead atoms. The molecule has 0 radical (unpaired) electrons. The van der Waals surface area contributed by atoms with Gasteiger partial charge in [-0.2, -0.15) is 0 Å². The van der Waals surface area contributed by atoms with Crippen LogP contribution in [-0.4, -0.2) is 37.6 Å². The maximum Gasteiger partial charge on any atom is 0.191 e. The minimum Gasteiger partial charge on any atom is -0.497 e. The van der Waals surface area contributed by atoms with E-state index in [9.17, 15) is 0 Å². The highest BCUT2D eigenvalue weighted by Crippen LogP contribution is 2.16. The van der Waals surface area contributed by atoms with Gasteiger partial charge in [0.1, 0.15) is 5.75 Å². The van der Waals surface area contributed by atoms with Crippen LogP contribution in [0, 0.1) is 5.92 Å². The Balaban J connectivity index is 0.00000220. The number of likely N-dealkylation sites (tertiary alicyclic amines) is 1. The Labute approximate surface area is 144 Å². The number of ether oxygens (including phenoxy) is 1. The van der Waals surface area contributed by atoms with Crippen LogP contribution in [0.5, 0.6) is 5.75 Å². The number of benzene rings is 1. The number of aliphatic imine (C=N–C) groups is 1. The first-order chi connectivity index (χ1) is 9.69. The quantitative estimate of drug-likeness (QED) is 0.478. The highest BCUT2D eigenvalue weighted by atomic mass is 127. The van der Waals surface area contributed by atoms with E-state index in [1.54, 1.807) is 7.11 Å². The molecule has 1 aliphatic rings. The van der Waals surface area contributed by atoms with Crippen molar-refractivity contribution in [3.63, 3.8) is 0 Å². The van der Waals surface area contributed by atoms with Crippen molar-refractivity contribution in [3.8, 4) is 5.75 Å². The fourth-order valence-electron chi connectivity index (χ4n) is 2.47. The van der Waals surface area contributed by atoms with Crippen LogP contribution in [-0.2, 0) is 6.42 Å². The fraction of sp³-hybridized carbons (Fsp3) is 0.562. The van der Waals surface area contributed by atoms with Gasteiger partial charge in [-0.3, -0.25) is 4.99 Å². The molecule has 1 aliphatic heterocycles. The number of nitrogens with zero attached hydrogens (tertiary/aromatic N) is 2. The number of piperidine rings is 1. The summed E-state index contributed by atoms with van der Waals surface area (Å²) in [5.41, 5.74) is 7.30. The molecule has 5 heteroatoms. The summed E-state index contributed by atoms with van der Waals surface area (Å²) in [6, 6.07) is 8.11. The Hall–Kier alpha value is -0.980. The van der Waals surface area contributed by atoms with Gasteiger partial charge in [0.2, 0.25) is 0 Å². The van der Waals surface area contributed by atoms with Crippen molar-refractivity contribution in [2.45, 2.75) is 26.2 Å². The molecule has 0 aromatic heterocycles. The molecular formula is C16H26IN3O. The fourth-order valence-corrected chi connectivity index (χ4v) is 2.47. The normalized spacial score (nSPS) is 16.5. The number of hydrogen-bond donors (Lipinski definition) is 1. The van der Waals surface area contributed by atoms with Gasteiger partial charge in [0.15, 0.2) is 5.96 Å². The van der Waals surface area contributed by atoms with Gasteiger partial charge in [0.25, 0.3) is 0 Å². The van der Waals surface area contributed by atoms with Crippen molar-refractivity contribution in [1.29, 1.82) is 0 Å². The summed E-state index contributed by atoms with van der Waals surface area (Å²) < 4.78 is 5.22. The Morgan fingerprint density at radius 1 is 1.38 bits per heavy atom. The average molecular weight is 403 g/mol. The summed E-state index contributed by atoms with van der Waals surface area (Å²) in [4.78, 5) is 6.70. The maximum absolute atomic E-state index is 6.07.